The number of hydrogen-bond donors (Lipinski definition) is 0. The van der Waals surface area contributed by atoms with Crippen LogP contribution in [-0.2, 0) is 14.2 Å². The minimum atomic E-state index is 0.615. The van der Waals surface area contributed by atoms with Gasteiger partial charge in [0.25, 0.3) is 0 Å². The Morgan fingerprint density at radius 3 is 1.39 bits per heavy atom. The molecule has 0 bridgehead atoms. The van der Waals surface area contributed by atoms with E-state index in [9.17, 15) is 0 Å². The van der Waals surface area contributed by atoms with Gasteiger partial charge in [-0.1, -0.05) is 0 Å². The lowest BCUT2D eigenvalue weighted by Crippen LogP contribution is -2.49. The van der Waals surface area contributed by atoms with Crippen LogP contribution >= 0.6 is 0 Å². The summed E-state index contributed by atoms with van der Waals surface area (Å²) in [5.41, 5.74) is 3.60. The number of nitrogens with zero attached hydrogens (tertiary/aromatic N) is 3. The molecule has 0 heterocycles. The quantitative estimate of drug-likeness (QED) is 0.146. The summed E-state index contributed by atoms with van der Waals surface area (Å²) in [6.45, 7) is 32.7. The van der Waals surface area contributed by atoms with E-state index in [2.05, 4.69) is 72.4 Å². The van der Waals surface area contributed by atoms with E-state index >= 15 is 0 Å². The highest BCUT2D eigenvalue weighted by Gasteiger charge is 2.21. The molecule has 0 N–H and O–H groups in total. The zero-order valence-electron chi connectivity index (χ0n) is 26.4. The Bertz CT molecular complexity index is 734. The van der Waals surface area contributed by atoms with Crippen LogP contribution in [0.2, 0.25) is 0 Å². The van der Waals surface area contributed by atoms with E-state index in [1.807, 2.05) is 0 Å². The number of quaternary nitrogens is 2. The van der Waals surface area contributed by atoms with Gasteiger partial charge in [0, 0.05) is 13.1 Å². The third kappa shape index (κ3) is 11.0. The van der Waals surface area contributed by atoms with E-state index in [-0.39, 0.29) is 0 Å². The summed E-state index contributed by atoms with van der Waals surface area (Å²) in [5.74, 6) is 0.902. The minimum absolute atomic E-state index is 0.615. The number of aryl methyl sites for hydroxylation is 2. The molecule has 7 nitrogen and oxygen atoms in total. The van der Waals surface area contributed by atoms with Crippen molar-refractivity contribution < 1.29 is 27.9 Å². The van der Waals surface area contributed by atoms with Gasteiger partial charge in [0.2, 0.25) is 0 Å². The van der Waals surface area contributed by atoms with E-state index in [4.69, 9.17) is 18.9 Å². The molecule has 0 aliphatic heterocycles. The minimum Gasteiger partial charge on any atom is -0.495 e. The standard InChI is InChI=1S/C31H61N3O4/c1-10-33(11-2,12-3)18-22-36-20-16-32(30-26-28(7)29(8)27-31(30)35-9)17-21-37-24-25-38-23-19-34(13-4,14-5)15-6/h26-27H,10-25H2,1-9H3/q+2. The van der Waals surface area contributed by atoms with Crippen LogP contribution in [-0.4, -0.2) is 121 Å². The fourth-order valence-corrected chi connectivity index (χ4v) is 5.12. The molecule has 0 unspecified atom stereocenters. The van der Waals surface area contributed by atoms with Crippen molar-refractivity contribution in [2.24, 2.45) is 0 Å². The maximum atomic E-state index is 6.14. The predicted molar refractivity (Wildman–Crippen MR) is 161 cm³/mol. The lowest BCUT2D eigenvalue weighted by atomic mass is 10.1. The predicted octanol–water partition coefficient (Wildman–Crippen LogP) is 4.92. The van der Waals surface area contributed by atoms with Crippen molar-refractivity contribution in [3.63, 3.8) is 0 Å². The smallest absolute Gasteiger partial charge is 0.142 e. The van der Waals surface area contributed by atoms with Gasteiger partial charge in [-0.05, 0) is 78.6 Å². The maximum absolute atomic E-state index is 6.14. The first-order valence-corrected chi connectivity index (χ1v) is 15.1. The van der Waals surface area contributed by atoms with Gasteiger partial charge >= 0.3 is 0 Å². The normalized spacial score (nSPS) is 12.2. The molecular weight excluding hydrogens is 478 g/mol. The summed E-state index contributed by atoms with van der Waals surface area (Å²) >= 11 is 0. The topological polar surface area (TPSA) is 40.2 Å². The molecule has 0 aliphatic carbocycles. The van der Waals surface area contributed by atoms with Crippen molar-refractivity contribution in [2.45, 2.75) is 55.4 Å². The van der Waals surface area contributed by atoms with E-state index in [0.29, 0.717) is 26.4 Å². The molecule has 1 rings (SSSR count). The van der Waals surface area contributed by atoms with Crippen molar-refractivity contribution >= 4 is 5.69 Å². The Hall–Kier alpha value is -1.38. The SMILES string of the molecule is CC[N+](CC)(CC)CCOCCOCCN(CCOCC[N+](CC)(CC)CC)c1cc(C)c(C)cc1OC. The second-order valence-electron chi connectivity index (χ2n) is 10.5. The van der Waals surface area contributed by atoms with Crippen molar-refractivity contribution in [1.29, 1.82) is 0 Å². The molecule has 0 amide bonds. The number of likely N-dealkylation sites (N-methyl/N-ethyl adjacent to an activating group) is 2. The Morgan fingerprint density at radius 1 is 0.579 bits per heavy atom. The van der Waals surface area contributed by atoms with E-state index in [1.165, 1.54) is 11.1 Å². The molecule has 0 aliphatic rings. The van der Waals surface area contributed by atoms with Crippen molar-refractivity contribution in [3.8, 4) is 5.75 Å². The third-order valence-electron chi connectivity index (χ3n) is 8.96. The molecule has 0 aromatic heterocycles. The zero-order chi connectivity index (χ0) is 28.4. The Morgan fingerprint density at radius 2 is 0.974 bits per heavy atom. The number of benzene rings is 1. The second-order valence-corrected chi connectivity index (χ2v) is 10.5. The lowest BCUT2D eigenvalue weighted by molar-refractivity contribution is -0.923. The average Bonchev–Trinajstić information content (AvgIpc) is 2.95. The number of rotatable bonds is 23. The monoisotopic (exact) mass is 539 g/mol. The van der Waals surface area contributed by atoms with E-state index in [0.717, 1.165) is 99.1 Å². The number of methoxy groups -OCH3 is 1. The summed E-state index contributed by atoms with van der Waals surface area (Å²) in [6, 6.07) is 4.36. The summed E-state index contributed by atoms with van der Waals surface area (Å²) in [5, 5.41) is 0. The van der Waals surface area contributed by atoms with Crippen LogP contribution in [0.15, 0.2) is 12.1 Å². The van der Waals surface area contributed by atoms with Gasteiger partial charge in [0.1, 0.15) is 18.8 Å². The molecule has 0 spiro atoms. The molecule has 0 saturated carbocycles. The molecular formula is C31H61N3O4+2. The summed E-state index contributed by atoms with van der Waals surface area (Å²) in [4.78, 5) is 2.34. The number of ether oxygens (including phenoxy) is 4. The summed E-state index contributed by atoms with van der Waals surface area (Å²) < 4.78 is 26.0. The van der Waals surface area contributed by atoms with Gasteiger partial charge in [0.05, 0.1) is 91.7 Å². The van der Waals surface area contributed by atoms with Crippen LogP contribution < -0.4 is 9.64 Å². The number of hydrogen-bond acceptors (Lipinski definition) is 5. The lowest BCUT2D eigenvalue weighted by Gasteiger charge is -2.35. The van der Waals surface area contributed by atoms with Gasteiger partial charge in [-0.25, -0.2) is 0 Å². The second kappa shape index (κ2) is 18.8. The van der Waals surface area contributed by atoms with Crippen molar-refractivity contribution in [1.82, 2.24) is 0 Å². The first-order valence-electron chi connectivity index (χ1n) is 15.1. The first kappa shape index (κ1) is 34.6. The fourth-order valence-electron chi connectivity index (χ4n) is 5.12. The third-order valence-corrected chi connectivity index (χ3v) is 8.96. The van der Waals surface area contributed by atoms with Crippen molar-refractivity contribution in [3.05, 3.63) is 23.3 Å². The average molecular weight is 540 g/mol. The molecule has 222 valence electrons. The van der Waals surface area contributed by atoms with Crippen LogP contribution in [0.4, 0.5) is 5.69 Å². The van der Waals surface area contributed by atoms with Gasteiger partial charge < -0.3 is 32.8 Å². The van der Waals surface area contributed by atoms with Crippen molar-refractivity contribution in [2.75, 3.05) is 117 Å². The van der Waals surface area contributed by atoms with E-state index in [1.54, 1.807) is 7.11 Å². The maximum Gasteiger partial charge on any atom is 0.142 e. The fraction of sp³-hybridized carbons (Fsp3) is 0.806. The molecule has 1 aromatic carbocycles. The van der Waals surface area contributed by atoms with Gasteiger partial charge in [-0.15, -0.1) is 0 Å². The Kier molecular flexibility index (Phi) is 17.2. The van der Waals surface area contributed by atoms with Gasteiger partial charge in [-0.2, -0.15) is 0 Å². The molecule has 38 heavy (non-hydrogen) atoms. The highest BCUT2D eigenvalue weighted by atomic mass is 16.5. The van der Waals surface area contributed by atoms with Crippen LogP contribution in [0.25, 0.3) is 0 Å². The Balaban J connectivity index is 2.61. The van der Waals surface area contributed by atoms with Crippen LogP contribution in [0.3, 0.4) is 0 Å². The van der Waals surface area contributed by atoms with Gasteiger partial charge in [-0.3, -0.25) is 0 Å². The highest BCUT2D eigenvalue weighted by molar-refractivity contribution is 5.62. The van der Waals surface area contributed by atoms with E-state index < -0.39 is 0 Å². The van der Waals surface area contributed by atoms with Gasteiger partial charge in [0.15, 0.2) is 0 Å². The molecule has 0 radical (unpaired) electrons. The molecule has 0 saturated heterocycles. The first-order chi connectivity index (χ1) is 18.3. The number of anilines is 1. The van der Waals surface area contributed by atoms with Crippen LogP contribution in [0, 0.1) is 13.8 Å². The summed E-state index contributed by atoms with van der Waals surface area (Å²) in [6.07, 6.45) is 0. The molecule has 0 fully saturated rings. The highest BCUT2D eigenvalue weighted by Crippen LogP contribution is 2.31. The van der Waals surface area contributed by atoms with Crippen LogP contribution in [0.5, 0.6) is 5.75 Å². The molecule has 0 atom stereocenters. The zero-order valence-corrected chi connectivity index (χ0v) is 26.4. The summed E-state index contributed by atoms with van der Waals surface area (Å²) in [7, 11) is 1.75. The Labute approximate surface area is 235 Å². The molecule has 1 aromatic rings. The molecule has 7 heteroatoms. The van der Waals surface area contributed by atoms with Crippen LogP contribution in [0.1, 0.15) is 52.7 Å². The largest absolute Gasteiger partial charge is 0.495 e.